The zero-order valence-corrected chi connectivity index (χ0v) is 29.2. The molecule has 1 heteroatoms. The van der Waals surface area contributed by atoms with Crippen LogP contribution >= 0.6 is 0 Å². The first-order valence-corrected chi connectivity index (χ1v) is 18.3. The topological polar surface area (TPSA) is 4.93 Å². The number of rotatable bonds is 6. The largest absolute Gasteiger partial charge is 0.309 e. The van der Waals surface area contributed by atoms with Crippen LogP contribution in [0.2, 0.25) is 0 Å². The quantitative estimate of drug-likeness (QED) is 0.155. The maximum absolute atomic E-state index is 2.43. The zero-order valence-electron chi connectivity index (χ0n) is 29.2. The predicted octanol–water partition coefficient (Wildman–Crippen LogP) is 14.3. The Balaban J connectivity index is 1.24. The minimum atomic E-state index is 1.16. The molecular weight excluding hydrogens is 639 g/mol. The monoisotopic (exact) mass is 673 g/mol. The standard InChI is InChI=1S/C52H35N/c1-5-17-36(18-6-1)48-33-34-49(37-19-7-2-8-20-37)53(48)50-32-31-41(42-25-13-14-26-43(42)50)40-29-30-46-47(35-40)52(39-23-11-4-12-24-39)45-28-16-15-27-44(45)51(46)38-21-9-3-10-22-38/h1-35H. The minimum absolute atomic E-state index is 1.16. The van der Waals surface area contributed by atoms with Crippen molar-refractivity contribution in [2.24, 2.45) is 0 Å². The van der Waals surface area contributed by atoms with E-state index in [1.807, 2.05) is 0 Å². The lowest BCUT2D eigenvalue weighted by atomic mass is 9.84. The van der Waals surface area contributed by atoms with Crippen molar-refractivity contribution in [2.45, 2.75) is 0 Å². The van der Waals surface area contributed by atoms with Gasteiger partial charge in [0, 0.05) is 5.39 Å². The van der Waals surface area contributed by atoms with Crippen molar-refractivity contribution in [1.82, 2.24) is 4.57 Å². The van der Waals surface area contributed by atoms with Gasteiger partial charge in [0.2, 0.25) is 0 Å². The summed E-state index contributed by atoms with van der Waals surface area (Å²) >= 11 is 0. The molecule has 248 valence electrons. The van der Waals surface area contributed by atoms with Gasteiger partial charge < -0.3 is 4.57 Å². The molecule has 0 atom stereocenters. The molecule has 0 saturated carbocycles. The highest BCUT2D eigenvalue weighted by atomic mass is 15.0. The molecule has 0 N–H and O–H groups in total. The van der Waals surface area contributed by atoms with E-state index in [0.717, 1.165) is 5.69 Å². The first kappa shape index (κ1) is 30.8. The number of benzene rings is 9. The third-order valence-electron chi connectivity index (χ3n) is 10.6. The first-order valence-electron chi connectivity index (χ1n) is 18.3. The highest BCUT2D eigenvalue weighted by Gasteiger charge is 2.20. The fraction of sp³-hybridized carbons (Fsp3) is 0. The number of fused-ring (bicyclic) bond motifs is 3. The molecule has 53 heavy (non-hydrogen) atoms. The lowest BCUT2D eigenvalue weighted by Crippen LogP contribution is -2.01. The molecule has 0 bridgehead atoms. The van der Waals surface area contributed by atoms with E-state index in [1.165, 1.54) is 88.2 Å². The minimum Gasteiger partial charge on any atom is -0.309 e. The molecular formula is C52H35N. The lowest BCUT2D eigenvalue weighted by Gasteiger charge is -2.20. The van der Waals surface area contributed by atoms with Gasteiger partial charge in [0.05, 0.1) is 17.1 Å². The van der Waals surface area contributed by atoms with Gasteiger partial charge in [-0.2, -0.15) is 0 Å². The molecule has 0 aliphatic rings. The molecule has 1 nitrogen and oxygen atoms in total. The summed E-state index contributed by atoms with van der Waals surface area (Å²) in [4.78, 5) is 0. The molecule has 0 fully saturated rings. The average molecular weight is 674 g/mol. The summed E-state index contributed by atoms with van der Waals surface area (Å²) in [5.74, 6) is 0. The molecule has 9 aromatic carbocycles. The summed E-state index contributed by atoms with van der Waals surface area (Å²) in [6.45, 7) is 0. The number of hydrogen-bond donors (Lipinski definition) is 0. The van der Waals surface area contributed by atoms with Gasteiger partial charge in [-0.25, -0.2) is 0 Å². The van der Waals surface area contributed by atoms with Gasteiger partial charge in [0.15, 0.2) is 0 Å². The number of hydrogen-bond acceptors (Lipinski definition) is 0. The Kier molecular flexibility index (Phi) is 7.55. The Morgan fingerprint density at radius 2 is 0.660 bits per heavy atom. The van der Waals surface area contributed by atoms with E-state index in [9.17, 15) is 0 Å². The van der Waals surface area contributed by atoms with E-state index in [-0.39, 0.29) is 0 Å². The van der Waals surface area contributed by atoms with Gasteiger partial charge in [0.25, 0.3) is 0 Å². The van der Waals surface area contributed by atoms with Gasteiger partial charge in [-0.05, 0) is 95.7 Å². The maximum atomic E-state index is 2.43. The molecule has 0 spiro atoms. The molecule has 0 radical (unpaired) electrons. The molecule has 1 heterocycles. The maximum Gasteiger partial charge on any atom is 0.0540 e. The second-order valence-electron chi connectivity index (χ2n) is 13.6. The molecule has 0 amide bonds. The van der Waals surface area contributed by atoms with Crippen LogP contribution < -0.4 is 0 Å². The Morgan fingerprint density at radius 1 is 0.245 bits per heavy atom. The fourth-order valence-electron chi connectivity index (χ4n) is 8.27. The van der Waals surface area contributed by atoms with Crippen molar-refractivity contribution in [2.75, 3.05) is 0 Å². The second-order valence-corrected chi connectivity index (χ2v) is 13.6. The smallest absolute Gasteiger partial charge is 0.0540 e. The third-order valence-corrected chi connectivity index (χ3v) is 10.6. The summed E-state index contributed by atoms with van der Waals surface area (Å²) in [6, 6.07) is 77.1. The van der Waals surface area contributed by atoms with E-state index in [0.29, 0.717) is 0 Å². The van der Waals surface area contributed by atoms with Crippen LogP contribution in [0.5, 0.6) is 0 Å². The summed E-state index contributed by atoms with van der Waals surface area (Å²) in [5, 5.41) is 7.47. The summed E-state index contributed by atoms with van der Waals surface area (Å²) in [5.41, 5.74) is 13.3. The van der Waals surface area contributed by atoms with Crippen LogP contribution in [0, 0.1) is 0 Å². The third kappa shape index (κ3) is 5.25. The lowest BCUT2D eigenvalue weighted by molar-refractivity contribution is 1.11. The van der Waals surface area contributed by atoms with Crippen molar-refractivity contribution in [3.63, 3.8) is 0 Å². The second kappa shape index (κ2) is 13.0. The first-order chi connectivity index (χ1) is 26.3. The summed E-state index contributed by atoms with van der Waals surface area (Å²) in [6.07, 6.45) is 0. The number of aromatic nitrogens is 1. The molecule has 0 unspecified atom stereocenters. The Labute approximate surface area is 309 Å². The van der Waals surface area contributed by atoms with Crippen LogP contribution in [-0.4, -0.2) is 4.57 Å². The normalized spacial score (nSPS) is 11.4. The van der Waals surface area contributed by atoms with E-state index in [1.54, 1.807) is 0 Å². The highest BCUT2D eigenvalue weighted by Crippen LogP contribution is 2.46. The fourth-order valence-corrected chi connectivity index (χ4v) is 8.27. The van der Waals surface area contributed by atoms with Gasteiger partial charge in [-0.3, -0.25) is 0 Å². The molecule has 0 aliphatic carbocycles. The van der Waals surface area contributed by atoms with Crippen LogP contribution in [0.25, 0.3) is 93.9 Å². The molecule has 10 aromatic rings. The van der Waals surface area contributed by atoms with Gasteiger partial charge in [0.1, 0.15) is 0 Å². The Morgan fingerprint density at radius 3 is 1.19 bits per heavy atom. The SMILES string of the molecule is c1ccc(-c2c3ccccc3c(-c3ccccc3)c3cc(-c4ccc(-n5c(-c6ccccc6)ccc5-c5ccccc5)c5ccccc45)ccc23)cc1. The van der Waals surface area contributed by atoms with Crippen molar-refractivity contribution >= 4 is 32.3 Å². The van der Waals surface area contributed by atoms with Crippen LogP contribution in [-0.2, 0) is 0 Å². The Hall–Kier alpha value is -6.96. The zero-order chi connectivity index (χ0) is 35.1. The molecule has 0 saturated heterocycles. The van der Waals surface area contributed by atoms with Crippen molar-refractivity contribution in [3.05, 3.63) is 212 Å². The van der Waals surface area contributed by atoms with Crippen LogP contribution in [0.1, 0.15) is 0 Å². The summed E-state index contributed by atoms with van der Waals surface area (Å²) < 4.78 is 2.43. The van der Waals surface area contributed by atoms with Crippen LogP contribution in [0.3, 0.4) is 0 Å². The van der Waals surface area contributed by atoms with Crippen molar-refractivity contribution in [3.8, 4) is 61.6 Å². The Bertz CT molecular complexity index is 2850. The molecule has 1 aromatic heterocycles. The number of nitrogens with zero attached hydrogens (tertiary/aromatic N) is 1. The van der Waals surface area contributed by atoms with Gasteiger partial charge >= 0.3 is 0 Å². The van der Waals surface area contributed by atoms with Gasteiger partial charge in [-0.1, -0.05) is 188 Å². The van der Waals surface area contributed by atoms with Crippen LogP contribution in [0.4, 0.5) is 0 Å². The highest BCUT2D eigenvalue weighted by molar-refractivity contribution is 6.22. The van der Waals surface area contributed by atoms with Gasteiger partial charge in [-0.15, -0.1) is 0 Å². The molecule has 0 aliphatic heterocycles. The van der Waals surface area contributed by atoms with Crippen molar-refractivity contribution in [1.29, 1.82) is 0 Å². The van der Waals surface area contributed by atoms with E-state index >= 15 is 0 Å². The molecule has 10 rings (SSSR count). The van der Waals surface area contributed by atoms with Crippen LogP contribution in [0.15, 0.2) is 212 Å². The van der Waals surface area contributed by atoms with E-state index in [4.69, 9.17) is 0 Å². The van der Waals surface area contributed by atoms with E-state index in [2.05, 4.69) is 217 Å². The predicted molar refractivity (Wildman–Crippen MR) is 225 cm³/mol. The van der Waals surface area contributed by atoms with E-state index < -0.39 is 0 Å². The van der Waals surface area contributed by atoms with Crippen molar-refractivity contribution < 1.29 is 0 Å². The average Bonchev–Trinajstić information content (AvgIpc) is 3.68. The summed E-state index contributed by atoms with van der Waals surface area (Å²) in [7, 11) is 0.